The zero-order valence-electron chi connectivity index (χ0n) is 14.9. The van der Waals surface area contributed by atoms with E-state index >= 15 is 0 Å². The van der Waals surface area contributed by atoms with Crippen LogP contribution in [0.3, 0.4) is 0 Å². The molecular formula is C24H27N. The van der Waals surface area contributed by atoms with E-state index in [1.807, 2.05) is 0 Å². The summed E-state index contributed by atoms with van der Waals surface area (Å²) in [4.78, 5) is 2.60. The highest BCUT2D eigenvalue weighted by Gasteiger charge is 2.18. The van der Waals surface area contributed by atoms with Gasteiger partial charge in [-0.3, -0.25) is 4.90 Å². The standard InChI is InChI=1S/C24H27N/c1-3-9-21(10-4-1)23-14-16-25(17-15-23)19-20-8-7-13-24(18-20)22-11-5-2-6-12-22/h1-6,9-12,14,18,24H,7-8,13,15-17,19H2. The lowest BCUT2D eigenvalue weighted by atomic mass is 9.85. The van der Waals surface area contributed by atoms with Gasteiger partial charge in [0.2, 0.25) is 0 Å². The van der Waals surface area contributed by atoms with E-state index in [1.165, 1.54) is 48.9 Å². The topological polar surface area (TPSA) is 3.24 Å². The quantitative estimate of drug-likeness (QED) is 0.653. The molecule has 2 aliphatic rings. The largest absolute Gasteiger partial charge is 0.295 e. The molecular weight excluding hydrogens is 302 g/mol. The lowest BCUT2D eigenvalue weighted by Gasteiger charge is -2.30. The molecule has 2 aromatic rings. The predicted octanol–water partition coefficient (Wildman–Crippen LogP) is 5.67. The number of hydrogen-bond acceptors (Lipinski definition) is 1. The van der Waals surface area contributed by atoms with Crippen molar-refractivity contribution in [2.45, 2.75) is 31.6 Å². The Morgan fingerprint density at radius 1 is 0.880 bits per heavy atom. The Bertz CT molecular complexity index is 742. The first kappa shape index (κ1) is 16.4. The number of nitrogens with zero attached hydrogens (tertiary/aromatic N) is 1. The Hall–Kier alpha value is -2.12. The number of rotatable bonds is 4. The highest BCUT2D eigenvalue weighted by Crippen LogP contribution is 2.32. The van der Waals surface area contributed by atoms with Crippen LogP contribution in [-0.2, 0) is 0 Å². The molecule has 2 aromatic carbocycles. The van der Waals surface area contributed by atoms with Crippen LogP contribution in [0.25, 0.3) is 5.57 Å². The van der Waals surface area contributed by atoms with E-state index in [-0.39, 0.29) is 0 Å². The summed E-state index contributed by atoms with van der Waals surface area (Å²) in [6, 6.07) is 21.8. The molecule has 0 amide bonds. The van der Waals surface area contributed by atoms with Gasteiger partial charge in [0.25, 0.3) is 0 Å². The van der Waals surface area contributed by atoms with Gasteiger partial charge in [0, 0.05) is 25.6 Å². The van der Waals surface area contributed by atoms with Crippen LogP contribution in [0.2, 0.25) is 0 Å². The van der Waals surface area contributed by atoms with E-state index in [4.69, 9.17) is 0 Å². The molecule has 0 spiro atoms. The molecule has 1 aliphatic heterocycles. The molecule has 1 atom stereocenters. The molecule has 0 bridgehead atoms. The van der Waals surface area contributed by atoms with Gasteiger partial charge in [-0.2, -0.15) is 0 Å². The summed E-state index contributed by atoms with van der Waals surface area (Å²) in [5.41, 5.74) is 6.01. The number of hydrogen-bond donors (Lipinski definition) is 0. The molecule has 0 radical (unpaired) electrons. The summed E-state index contributed by atoms with van der Waals surface area (Å²) in [6.45, 7) is 3.40. The van der Waals surface area contributed by atoms with Gasteiger partial charge in [-0.1, -0.05) is 78.4 Å². The van der Waals surface area contributed by atoms with Gasteiger partial charge in [-0.25, -0.2) is 0 Å². The van der Waals surface area contributed by atoms with Gasteiger partial charge in [-0.15, -0.1) is 0 Å². The maximum absolute atomic E-state index is 2.60. The Morgan fingerprint density at radius 2 is 1.64 bits per heavy atom. The van der Waals surface area contributed by atoms with E-state index in [2.05, 4.69) is 77.7 Å². The smallest absolute Gasteiger partial charge is 0.0196 e. The van der Waals surface area contributed by atoms with E-state index in [1.54, 1.807) is 5.57 Å². The van der Waals surface area contributed by atoms with Crippen molar-refractivity contribution in [2.75, 3.05) is 19.6 Å². The molecule has 1 heteroatoms. The summed E-state index contributed by atoms with van der Waals surface area (Å²) >= 11 is 0. The second kappa shape index (κ2) is 7.84. The second-order valence-electron chi connectivity index (χ2n) is 7.31. The third kappa shape index (κ3) is 4.11. The first-order valence-corrected chi connectivity index (χ1v) is 9.60. The van der Waals surface area contributed by atoms with Gasteiger partial charge >= 0.3 is 0 Å². The van der Waals surface area contributed by atoms with Gasteiger partial charge in [0.15, 0.2) is 0 Å². The molecule has 4 rings (SSSR count). The highest BCUT2D eigenvalue weighted by molar-refractivity contribution is 5.66. The van der Waals surface area contributed by atoms with Crippen molar-refractivity contribution >= 4 is 5.57 Å². The Kier molecular flexibility index (Phi) is 5.13. The van der Waals surface area contributed by atoms with Crippen LogP contribution in [0.1, 0.15) is 42.7 Å². The molecule has 0 N–H and O–H groups in total. The minimum Gasteiger partial charge on any atom is -0.295 e. The maximum atomic E-state index is 2.60. The van der Waals surface area contributed by atoms with Crippen LogP contribution in [0.5, 0.6) is 0 Å². The SMILES string of the molecule is C1=C(CN2CC=C(c3ccccc3)CC2)CCCC1c1ccccc1. The van der Waals surface area contributed by atoms with Crippen molar-refractivity contribution in [1.29, 1.82) is 0 Å². The first-order valence-electron chi connectivity index (χ1n) is 9.60. The van der Waals surface area contributed by atoms with Crippen LogP contribution >= 0.6 is 0 Å². The Morgan fingerprint density at radius 3 is 2.36 bits per heavy atom. The zero-order chi connectivity index (χ0) is 16.9. The second-order valence-corrected chi connectivity index (χ2v) is 7.31. The minimum absolute atomic E-state index is 0.616. The molecule has 0 aromatic heterocycles. The van der Waals surface area contributed by atoms with Crippen molar-refractivity contribution in [3.05, 3.63) is 89.5 Å². The molecule has 25 heavy (non-hydrogen) atoms. The van der Waals surface area contributed by atoms with Crippen molar-refractivity contribution in [3.63, 3.8) is 0 Å². The monoisotopic (exact) mass is 329 g/mol. The zero-order valence-corrected chi connectivity index (χ0v) is 14.9. The summed E-state index contributed by atoms with van der Waals surface area (Å²) < 4.78 is 0. The molecule has 1 heterocycles. The first-order chi connectivity index (χ1) is 12.4. The Balaban J connectivity index is 1.40. The average Bonchev–Trinajstić information content (AvgIpc) is 2.70. The summed E-state index contributed by atoms with van der Waals surface area (Å²) in [6.07, 6.45) is 10.0. The fourth-order valence-electron chi connectivity index (χ4n) is 4.15. The van der Waals surface area contributed by atoms with E-state index in [0.29, 0.717) is 5.92 Å². The van der Waals surface area contributed by atoms with Gasteiger partial charge in [-0.05, 0) is 42.4 Å². The number of benzene rings is 2. The maximum Gasteiger partial charge on any atom is 0.0196 e. The van der Waals surface area contributed by atoms with Crippen molar-refractivity contribution in [2.24, 2.45) is 0 Å². The van der Waals surface area contributed by atoms with Crippen molar-refractivity contribution in [1.82, 2.24) is 4.90 Å². The van der Waals surface area contributed by atoms with Crippen molar-refractivity contribution < 1.29 is 0 Å². The summed E-state index contributed by atoms with van der Waals surface area (Å²) in [7, 11) is 0. The molecule has 0 fully saturated rings. The Labute approximate surface area is 151 Å². The third-order valence-corrected chi connectivity index (χ3v) is 5.54. The fraction of sp³-hybridized carbons (Fsp3) is 0.333. The average molecular weight is 329 g/mol. The molecule has 128 valence electrons. The van der Waals surface area contributed by atoms with Gasteiger partial charge < -0.3 is 0 Å². The van der Waals surface area contributed by atoms with Crippen LogP contribution < -0.4 is 0 Å². The van der Waals surface area contributed by atoms with E-state index in [9.17, 15) is 0 Å². The molecule has 1 nitrogen and oxygen atoms in total. The third-order valence-electron chi connectivity index (χ3n) is 5.54. The molecule has 1 unspecified atom stereocenters. The van der Waals surface area contributed by atoms with E-state index in [0.717, 1.165) is 13.1 Å². The predicted molar refractivity (Wildman–Crippen MR) is 107 cm³/mol. The summed E-state index contributed by atoms with van der Waals surface area (Å²) in [5, 5.41) is 0. The van der Waals surface area contributed by atoms with Crippen LogP contribution in [-0.4, -0.2) is 24.5 Å². The minimum atomic E-state index is 0.616. The van der Waals surface area contributed by atoms with Gasteiger partial charge in [0.1, 0.15) is 0 Å². The lowest BCUT2D eigenvalue weighted by molar-refractivity contribution is 0.320. The van der Waals surface area contributed by atoms with Crippen LogP contribution in [0.15, 0.2) is 78.4 Å². The molecule has 0 saturated heterocycles. The normalized spacial score (nSPS) is 21.5. The highest BCUT2D eigenvalue weighted by atomic mass is 15.1. The van der Waals surface area contributed by atoms with E-state index < -0.39 is 0 Å². The van der Waals surface area contributed by atoms with Crippen LogP contribution in [0.4, 0.5) is 0 Å². The molecule has 0 saturated carbocycles. The van der Waals surface area contributed by atoms with Crippen molar-refractivity contribution in [3.8, 4) is 0 Å². The van der Waals surface area contributed by atoms with Gasteiger partial charge in [0.05, 0.1) is 0 Å². The molecule has 1 aliphatic carbocycles. The number of allylic oxidation sites excluding steroid dienone is 1. The lowest BCUT2D eigenvalue weighted by Crippen LogP contribution is -2.31. The fourth-order valence-corrected chi connectivity index (χ4v) is 4.15. The van der Waals surface area contributed by atoms with Crippen LogP contribution in [0, 0.1) is 0 Å². The summed E-state index contributed by atoms with van der Waals surface area (Å²) in [5.74, 6) is 0.616.